The molecule has 3 aromatic rings. The Labute approximate surface area is 239 Å². The van der Waals surface area contributed by atoms with Crippen LogP contribution in [-0.2, 0) is 26.2 Å². The van der Waals surface area contributed by atoms with Gasteiger partial charge in [0.2, 0.25) is 11.8 Å². The van der Waals surface area contributed by atoms with Crippen molar-refractivity contribution in [1.82, 2.24) is 10.2 Å². The minimum absolute atomic E-state index is 0.0379. The van der Waals surface area contributed by atoms with E-state index in [0.29, 0.717) is 5.75 Å². The highest BCUT2D eigenvalue weighted by atomic mass is 79.9. The minimum atomic E-state index is -4.18. The summed E-state index contributed by atoms with van der Waals surface area (Å²) < 4.78 is 35.2. The maximum absolute atomic E-state index is 14.0. The van der Waals surface area contributed by atoms with Crippen molar-refractivity contribution in [2.45, 2.75) is 51.2 Å². The average molecular weight is 617 g/mol. The number of benzene rings is 3. The Kier molecular flexibility index (Phi) is 10.2. The zero-order chi connectivity index (χ0) is 28.7. The van der Waals surface area contributed by atoms with E-state index in [9.17, 15) is 18.0 Å². The van der Waals surface area contributed by atoms with Gasteiger partial charge in [0.05, 0.1) is 17.7 Å². The van der Waals surface area contributed by atoms with Gasteiger partial charge in [-0.1, -0.05) is 57.9 Å². The first-order valence-electron chi connectivity index (χ1n) is 12.5. The quantitative estimate of drug-likeness (QED) is 0.331. The third-order valence-electron chi connectivity index (χ3n) is 6.08. The molecule has 0 saturated carbocycles. The van der Waals surface area contributed by atoms with E-state index in [2.05, 4.69) is 21.2 Å². The van der Waals surface area contributed by atoms with Gasteiger partial charge in [-0.3, -0.25) is 13.9 Å². The second-order valence-corrected chi connectivity index (χ2v) is 12.3. The lowest BCUT2D eigenvalue weighted by atomic mass is 10.1. The van der Waals surface area contributed by atoms with Crippen LogP contribution in [0, 0.1) is 6.92 Å². The Balaban J connectivity index is 2.07. The number of nitrogens with zero attached hydrogens (tertiary/aromatic N) is 2. The molecule has 0 fully saturated rings. The fourth-order valence-electron chi connectivity index (χ4n) is 4.01. The Morgan fingerprint density at radius 2 is 1.64 bits per heavy atom. The van der Waals surface area contributed by atoms with Gasteiger partial charge < -0.3 is 15.0 Å². The second-order valence-electron chi connectivity index (χ2n) is 9.49. The van der Waals surface area contributed by atoms with E-state index < -0.39 is 28.5 Å². The number of methoxy groups -OCH3 is 1. The van der Waals surface area contributed by atoms with Gasteiger partial charge in [0.1, 0.15) is 18.3 Å². The molecular formula is C29H34BrN3O5S. The van der Waals surface area contributed by atoms with E-state index in [1.807, 2.05) is 45.0 Å². The fraction of sp³-hybridized carbons (Fsp3) is 0.310. The molecule has 0 aromatic heterocycles. The summed E-state index contributed by atoms with van der Waals surface area (Å²) in [7, 11) is -2.74. The summed E-state index contributed by atoms with van der Waals surface area (Å²) in [4.78, 5) is 28.4. The summed E-state index contributed by atoms with van der Waals surface area (Å²) in [5.41, 5.74) is 1.90. The number of halogens is 1. The van der Waals surface area contributed by atoms with Gasteiger partial charge in [0.15, 0.2) is 0 Å². The van der Waals surface area contributed by atoms with Gasteiger partial charge in [-0.2, -0.15) is 0 Å². The number of nitrogens with one attached hydrogen (secondary N) is 1. The van der Waals surface area contributed by atoms with Crippen molar-refractivity contribution in [1.29, 1.82) is 0 Å². The predicted molar refractivity (Wildman–Crippen MR) is 156 cm³/mol. The van der Waals surface area contributed by atoms with E-state index in [1.165, 1.54) is 24.1 Å². The number of sulfonamides is 1. The smallest absolute Gasteiger partial charge is 0.264 e. The Morgan fingerprint density at radius 1 is 0.974 bits per heavy atom. The summed E-state index contributed by atoms with van der Waals surface area (Å²) in [5.74, 6) is -0.577. The minimum Gasteiger partial charge on any atom is -0.495 e. The number of ether oxygens (including phenoxy) is 1. The van der Waals surface area contributed by atoms with E-state index in [-0.39, 0.29) is 29.1 Å². The van der Waals surface area contributed by atoms with Gasteiger partial charge in [-0.05, 0) is 69.7 Å². The molecule has 3 aromatic carbocycles. The van der Waals surface area contributed by atoms with Crippen LogP contribution in [0.1, 0.15) is 31.9 Å². The van der Waals surface area contributed by atoms with Crippen LogP contribution in [0.5, 0.6) is 5.75 Å². The number of anilines is 1. The molecule has 0 spiro atoms. The third kappa shape index (κ3) is 7.60. The molecule has 0 saturated heterocycles. The number of hydrogen-bond acceptors (Lipinski definition) is 5. The van der Waals surface area contributed by atoms with E-state index in [1.54, 1.807) is 43.3 Å². The lowest BCUT2D eigenvalue weighted by Crippen LogP contribution is -2.52. The van der Waals surface area contributed by atoms with Gasteiger partial charge in [0, 0.05) is 17.1 Å². The molecule has 1 atom stereocenters. The zero-order valence-corrected chi connectivity index (χ0v) is 25.1. The molecule has 0 bridgehead atoms. The van der Waals surface area contributed by atoms with Crippen molar-refractivity contribution < 1.29 is 22.7 Å². The number of para-hydroxylation sites is 2. The lowest BCUT2D eigenvalue weighted by molar-refractivity contribution is -0.139. The maximum Gasteiger partial charge on any atom is 0.264 e. The summed E-state index contributed by atoms with van der Waals surface area (Å²) in [6.45, 7) is 6.74. The molecule has 208 valence electrons. The number of carbonyl (C=O) groups is 2. The van der Waals surface area contributed by atoms with Gasteiger partial charge in [-0.15, -0.1) is 0 Å². The molecule has 0 radical (unpaired) electrons. The van der Waals surface area contributed by atoms with Gasteiger partial charge >= 0.3 is 0 Å². The summed E-state index contributed by atoms with van der Waals surface area (Å²) in [6.07, 6.45) is 0. The first-order valence-corrected chi connectivity index (χ1v) is 14.7. The van der Waals surface area contributed by atoms with Crippen molar-refractivity contribution in [3.05, 3.63) is 88.4 Å². The van der Waals surface area contributed by atoms with Crippen LogP contribution >= 0.6 is 15.9 Å². The molecule has 39 heavy (non-hydrogen) atoms. The van der Waals surface area contributed by atoms with Crippen molar-refractivity contribution in [3.63, 3.8) is 0 Å². The van der Waals surface area contributed by atoms with Crippen molar-refractivity contribution in [2.75, 3.05) is 18.0 Å². The Hall–Kier alpha value is -3.37. The van der Waals surface area contributed by atoms with Crippen LogP contribution < -0.4 is 14.4 Å². The van der Waals surface area contributed by atoms with Crippen LogP contribution in [0.15, 0.2) is 82.2 Å². The molecule has 1 N–H and O–H groups in total. The molecule has 0 aliphatic carbocycles. The topological polar surface area (TPSA) is 96.0 Å². The molecular weight excluding hydrogens is 582 g/mol. The van der Waals surface area contributed by atoms with E-state index in [0.717, 1.165) is 19.9 Å². The van der Waals surface area contributed by atoms with Crippen molar-refractivity contribution >= 4 is 43.5 Å². The summed E-state index contributed by atoms with van der Waals surface area (Å²) >= 11 is 3.45. The SMILES string of the molecule is COc1ccccc1N(CC(=O)N(Cc1cccc(Br)c1)[C@H](C)C(=O)NC(C)C)S(=O)(=O)c1ccc(C)cc1. The summed E-state index contributed by atoms with van der Waals surface area (Å²) in [6, 6.07) is 19.5. The molecule has 2 amide bonds. The average Bonchev–Trinajstić information content (AvgIpc) is 2.89. The van der Waals surface area contributed by atoms with Gasteiger partial charge in [0.25, 0.3) is 10.0 Å². The summed E-state index contributed by atoms with van der Waals surface area (Å²) in [5, 5.41) is 2.85. The number of aryl methyl sites for hydroxylation is 1. The van der Waals surface area contributed by atoms with Crippen LogP contribution in [-0.4, -0.2) is 50.9 Å². The molecule has 3 rings (SSSR count). The highest BCUT2D eigenvalue weighted by Gasteiger charge is 2.33. The largest absolute Gasteiger partial charge is 0.495 e. The maximum atomic E-state index is 14.0. The van der Waals surface area contributed by atoms with Crippen molar-refractivity contribution in [2.24, 2.45) is 0 Å². The molecule has 10 heteroatoms. The second kappa shape index (κ2) is 13.1. The first-order chi connectivity index (χ1) is 18.4. The fourth-order valence-corrected chi connectivity index (χ4v) is 5.88. The molecule has 8 nitrogen and oxygen atoms in total. The first kappa shape index (κ1) is 30.2. The van der Waals surface area contributed by atoms with Crippen LogP contribution in [0.3, 0.4) is 0 Å². The van der Waals surface area contributed by atoms with Crippen molar-refractivity contribution in [3.8, 4) is 5.75 Å². The van der Waals surface area contributed by atoms with Gasteiger partial charge in [-0.25, -0.2) is 8.42 Å². The highest BCUT2D eigenvalue weighted by molar-refractivity contribution is 9.10. The van der Waals surface area contributed by atoms with E-state index in [4.69, 9.17) is 4.74 Å². The highest BCUT2D eigenvalue weighted by Crippen LogP contribution is 2.32. The normalized spacial score (nSPS) is 12.1. The number of amides is 2. The zero-order valence-electron chi connectivity index (χ0n) is 22.7. The predicted octanol–water partition coefficient (Wildman–Crippen LogP) is 4.90. The van der Waals surface area contributed by atoms with Crippen LogP contribution in [0.2, 0.25) is 0 Å². The molecule has 0 unspecified atom stereocenters. The van der Waals surface area contributed by atoms with E-state index >= 15 is 0 Å². The molecule has 0 heterocycles. The Bertz CT molecular complexity index is 1410. The third-order valence-corrected chi connectivity index (χ3v) is 8.35. The number of hydrogen-bond donors (Lipinski definition) is 1. The number of carbonyl (C=O) groups excluding carboxylic acids is 2. The standard InChI is InChI=1S/C29H34BrN3O5S/c1-20(2)31-29(35)22(4)32(18-23-9-8-10-24(30)17-23)28(34)19-33(26-11-6-7-12-27(26)38-5)39(36,37)25-15-13-21(3)14-16-25/h6-17,20,22H,18-19H2,1-5H3,(H,31,35)/t22-/m1/s1. The molecule has 0 aliphatic heterocycles. The lowest BCUT2D eigenvalue weighted by Gasteiger charge is -2.32. The molecule has 0 aliphatic rings. The monoisotopic (exact) mass is 615 g/mol. The Morgan fingerprint density at radius 3 is 2.26 bits per heavy atom. The number of rotatable bonds is 11. The van der Waals surface area contributed by atoms with Crippen LogP contribution in [0.25, 0.3) is 0 Å². The van der Waals surface area contributed by atoms with Crippen LogP contribution in [0.4, 0.5) is 5.69 Å².